The highest BCUT2D eigenvalue weighted by Crippen LogP contribution is 2.27. The van der Waals surface area contributed by atoms with Crippen LogP contribution in [0.4, 0.5) is 0 Å². The van der Waals surface area contributed by atoms with Crippen LogP contribution in [0.1, 0.15) is 40.5 Å². The third-order valence-corrected chi connectivity index (χ3v) is 3.26. The van der Waals surface area contributed by atoms with Crippen molar-refractivity contribution in [1.29, 1.82) is 0 Å². The van der Waals surface area contributed by atoms with Crippen LogP contribution in [0, 0.1) is 11.3 Å². The Morgan fingerprint density at radius 2 is 2.10 bits per heavy atom. The first-order chi connectivity index (χ1) is 9.25. The highest BCUT2D eigenvalue weighted by Gasteiger charge is 2.39. The van der Waals surface area contributed by atoms with Crippen LogP contribution < -0.4 is 10.6 Å². The number of rotatable bonds is 4. The predicted molar refractivity (Wildman–Crippen MR) is 73.8 cm³/mol. The van der Waals surface area contributed by atoms with Crippen molar-refractivity contribution in [2.75, 3.05) is 13.2 Å². The van der Waals surface area contributed by atoms with Gasteiger partial charge in [0.25, 0.3) is 0 Å². The Bertz CT molecular complexity index is 377. The Hall–Kier alpha value is -1.59. The van der Waals surface area contributed by atoms with E-state index in [0.717, 1.165) is 0 Å². The average molecular weight is 284 g/mol. The number of hydrogen-bond donors (Lipinski definition) is 2. The molecule has 1 heterocycles. The van der Waals surface area contributed by atoms with Gasteiger partial charge in [-0.1, -0.05) is 20.8 Å². The maximum absolute atomic E-state index is 12.3. The Morgan fingerprint density at radius 1 is 1.45 bits per heavy atom. The summed E-state index contributed by atoms with van der Waals surface area (Å²) in [7, 11) is 0. The van der Waals surface area contributed by atoms with Gasteiger partial charge in [0, 0.05) is 19.0 Å². The van der Waals surface area contributed by atoms with Crippen molar-refractivity contribution in [1.82, 2.24) is 10.6 Å². The third kappa shape index (κ3) is 4.51. The van der Waals surface area contributed by atoms with Crippen LogP contribution >= 0.6 is 0 Å². The molecular formula is C14H24N2O4. The second kappa shape index (κ2) is 6.72. The molecule has 1 aliphatic heterocycles. The molecule has 0 bridgehead atoms. The summed E-state index contributed by atoms with van der Waals surface area (Å²) in [6.07, 6.45) is 0.988. The lowest BCUT2D eigenvalue weighted by Crippen LogP contribution is -2.52. The van der Waals surface area contributed by atoms with E-state index in [0.29, 0.717) is 19.4 Å². The molecule has 1 fully saturated rings. The lowest BCUT2D eigenvalue weighted by molar-refractivity contribution is -0.157. The van der Waals surface area contributed by atoms with Gasteiger partial charge in [-0.3, -0.25) is 14.4 Å². The summed E-state index contributed by atoms with van der Waals surface area (Å²) in [6, 6.07) is -0.125. The summed E-state index contributed by atoms with van der Waals surface area (Å²) in [5.74, 6) is -1.69. The van der Waals surface area contributed by atoms with Crippen LogP contribution in [0.25, 0.3) is 0 Å². The fourth-order valence-electron chi connectivity index (χ4n) is 2.22. The number of amides is 2. The van der Waals surface area contributed by atoms with Crippen LogP contribution in [0.2, 0.25) is 0 Å². The number of hydrogen-bond acceptors (Lipinski definition) is 4. The Balaban J connectivity index is 2.69. The van der Waals surface area contributed by atoms with E-state index in [1.54, 1.807) is 6.92 Å². The van der Waals surface area contributed by atoms with Gasteiger partial charge in [0.2, 0.25) is 11.8 Å². The molecule has 2 unspecified atom stereocenters. The maximum atomic E-state index is 12.3. The van der Waals surface area contributed by atoms with E-state index in [1.165, 1.54) is 0 Å². The molecule has 1 aliphatic rings. The van der Waals surface area contributed by atoms with Gasteiger partial charge in [0.1, 0.15) is 5.92 Å². The van der Waals surface area contributed by atoms with Gasteiger partial charge in [-0.2, -0.15) is 0 Å². The minimum absolute atomic E-state index is 0.00624. The quantitative estimate of drug-likeness (QED) is 0.585. The first-order valence-corrected chi connectivity index (χ1v) is 6.99. The molecule has 6 nitrogen and oxygen atoms in total. The second-order valence-electron chi connectivity index (χ2n) is 6.10. The van der Waals surface area contributed by atoms with Crippen molar-refractivity contribution in [2.45, 2.75) is 46.6 Å². The summed E-state index contributed by atoms with van der Waals surface area (Å²) in [5.41, 5.74) is -0.520. The molecule has 2 amide bonds. The molecule has 0 saturated carbocycles. The number of carbonyl (C=O) groups excluding carboxylic acids is 3. The molecule has 0 aromatic carbocycles. The molecule has 114 valence electrons. The van der Waals surface area contributed by atoms with Crippen molar-refractivity contribution in [2.24, 2.45) is 11.3 Å². The standard InChI is InChI=1S/C14H24N2O4/c1-5-20-13(19)11(14(2,3)4)12(18)16-9-6-7-10(17)15-8-9/h9,11H,5-8H2,1-4H3,(H,15,17)(H,16,18). The van der Waals surface area contributed by atoms with E-state index >= 15 is 0 Å². The highest BCUT2D eigenvalue weighted by molar-refractivity contribution is 5.98. The van der Waals surface area contributed by atoms with Crippen LogP contribution in [0.5, 0.6) is 0 Å². The van der Waals surface area contributed by atoms with Crippen LogP contribution in [0.3, 0.4) is 0 Å². The van der Waals surface area contributed by atoms with Gasteiger partial charge >= 0.3 is 5.97 Å². The molecule has 0 spiro atoms. The lowest BCUT2D eigenvalue weighted by Gasteiger charge is -2.30. The molecule has 1 rings (SSSR count). The van der Waals surface area contributed by atoms with Gasteiger partial charge in [-0.15, -0.1) is 0 Å². The molecule has 0 radical (unpaired) electrons. The smallest absolute Gasteiger partial charge is 0.319 e. The van der Waals surface area contributed by atoms with E-state index in [2.05, 4.69) is 10.6 Å². The van der Waals surface area contributed by atoms with Crippen LogP contribution in [-0.4, -0.2) is 37.0 Å². The van der Waals surface area contributed by atoms with Gasteiger partial charge in [0.15, 0.2) is 0 Å². The minimum atomic E-state index is -0.847. The fourth-order valence-corrected chi connectivity index (χ4v) is 2.22. The predicted octanol–water partition coefficient (Wildman–Crippen LogP) is 0.607. The SMILES string of the molecule is CCOC(=O)C(C(=O)NC1CCC(=O)NC1)C(C)(C)C. The van der Waals surface area contributed by atoms with Crippen LogP contribution in [0.15, 0.2) is 0 Å². The molecule has 0 aromatic heterocycles. The summed E-state index contributed by atoms with van der Waals surface area (Å²) in [6.45, 7) is 7.86. The van der Waals surface area contributed by atoms with Crippen molar-refractivity contribution >= 4 is 17.8 Å². The first-order valence-electron chi connectivity index (χ1n) is 6.99. The monoisotopic (exact) mass is 284 g/mol. The number of esters is 1. The maximum Gasteiger partial charge on any atom is 0.319 e. The molecule has 0 aliphatic carbocycles. The van der Waals surface area contributed by atoms with Crippen molar-refractivity contribution in [3.05, 3.63) is 0 Å². The minimum Gasteiger partial charge on any atom is -0.465 e. The number of piperidine rings is 1. The Labute approximate surface area is 119 Å². The topological polar surface area (TPSA) is 84.5 Å². The molecular weight excluding hydrogens is 260 g/mol. The normalized spacial score (nSPS) is 20.8. The van der Waals surface area contributed by atoms with Crippen molar-refractivity contribution in [3.8, 4) is 0 Å². The van der Waals surface area contributed by atoms with Gasteiger partial charge in [0.05, 0.1) is 6.61 Å². The molecule has 20 heavy (non-hydrogen) atoms. The van der Waals surface area contributed by atoms with Crippen molar-refractivity contribution < 1.29 is 19.1 Å². The summed E-state index contributed by atoms with van der Waals surface area (Å²) in [4.78, 5) is 35.4. The van der Waals surface area contributed by atoms with Crippen LogP contribution in [-0.2, 0) is 19.1 Å². The summed E-state index contributed by atoms with van der Waals surface area (Å²) in [5, 5.41) is 5.53. The van der Waals surface area contributed by atoms with Crippen molar-refractivity contribution in [3.63, 3.8) is 0 Å². The fraction of sp³-hybridized carbons (Fsp3) is 0.786. The van der Waals surface area contributed by atoms with E-state index in [9.17, 15) is 14.4 Å². The number of ether oxygens (including phenoxy) is 1. The molecule has 0 aromatic rings. The molecule has 2 atom stereocenters. The molecule has 2 N–H and O–H groups in total. The average Bonchev–Trinajstić information content (AvgIpc) is 2.30. The van der Waals surface area contributed by atoms with E-state index < -0.39 is 17.3 Å². The number of carbonyl (C=O) groups is 3. The summed E-state index contributed by atoms with van der Waals surface area (Å²) < 4.78 is 4.99. The van der Waals surface area contributed by atoms with E-state index in [1.807, 2.05) is 20.8 Å². The Morgan fingerprint density at radius 3 is 2.55 bits per heavy atom. The zero-order valence-electron chi connectivity index (χ0n) is 12.6. The van der Waals surface area contributed by atoms with E-state index in [4.69, 9.17) is 4.74 Å². The molecule has 6 heteroatoms. The van der Waals surface area contributed by atoms with Gasteiger partial charge in [-0.05, 0) is 18.8 Å². The second-order valence-corrected chi connectivity index (χ2v) is 6.10. The lowest BCUT2D eigenvalue weighted by atomic mass is 9.80. The van der Waals surface area contributed by atoms with Gasteiger partial charge in [-0.25, -0.2) is 0 Å². The third-order valence-electron chi connectivity index (χ3n) is 3.26. The summed E-state index contributed by atoms with van der Waals surface area (Å²) >= 11 is 0. The largest absolute Gasteiger partial charge is 0.465 e. The Kier molecular flexibility index (Phi) is 5.53. The molecule has 1 saturated heterocycles. The van der Waals surface area contributed by atoms with Gasteiger partial charge < -0.3 is 15.4 Å². The zero-order chi connectivity index (χ0) is 15.3. The highest BCUT2D eigenvalue weighted by atomic mass is 16.5. The first kappa shape index (κ1) is 16.5. The number of nitrogens with one attached hydrogen (secondary N) is 2. The zero-order valence-corrected chi connectivity index (χ0v) is 12.6. The van der Waals surface area contributed by atoms with E-state index in [-0.39, 0.29) is 24.5 Å².